The van der Waals surface area contributed by atoms with Crippen LogP contribution in [-0.4, -0.2) is 47.4 Å². The third kappa shape index (κ3) is 2.66. The van der Waals surface area contributed by atoms with Gasteiger partial charge >= 0.3 is 5.69 Å². The van der Waals surface area contributed by atoms with E-state index < -0.39 is 0 Å². The third-order valence-corrected chi connectivity index (χ3v) is 5.39. The van der Waals surface area contributed by atoms with E-state index >= 15 is 0 Å². The molecule has 1 N–H and O–H groups in total. The van der Waals surface area contributed by atoms with Crippen LogP contribution in [0, 0.1) is 5.92 Å². The van der Waals surface area contributed by atoms with Crippen molar-refractivity contribution in [2.45, 2.75) is 19.4 Å². The lowest BCUT2D eigenvalue weighted by atomic mass is 9.96. The van der Waals surface area contributed by atoms with Gasteiger partial charge in [-0.15, -0.1) is 0 Å². The zero-order valence-electron chi connectivity index (χ0n) is 15.0. The van der Waals surface area contributed by atoms with Gasteiger partial charge in [-0.3, -0.25) is 9.25 Å². The maximum Gasteiger partial charge on any atom is 0.327 e. The second kappa shape index (κ2) is 6.19. The second-order valence-electron chi connectivity index (χ2n) is 7.05. The number of nitrogens with zero attached hydrogens (tertiary/aromatic N) is 7. The molecular formula is C18H20N8O. The maximum atomic E-state index is 12.3. The van der Waals surface area contributed by atoms with E-state index in [9.17, 15) is 4.79 Å². The van der Waals surface area contributed by atoms with E-state index in [1.165, 1.54) is 0 Å². The van der Waals surface area contributed by atoms with Crippen LogP contribution in [0.15, 0.2) is 35.6 Å². The summed E-state index contributed by atoms with van der Waals surface area (Å²) >= 11 is 0. The van der Waals surface area contributed by atoms with Gasteiger partial charge in [-0.2, -0.15) is 5.10 Å². The standard InChI is InChI=1S/C18H20N8O/c1-24-15-13(9-22-24)16(21-11-20-15)25-7-4-12(5-8-25)10-26-17-14(23-18(26)27)3-2-6-19-17/h2-3,6,9,11-12H,4-5,7-8,10H2,1H3,(H,23,27). The van der Waals surface area contributed by atoms with Crippen LogP contribution >= 0.6 is 0 Å². The van der Waals surface area contributed by atoms with Crippen LogP contribution in [-0.2, 0) is 13.6 Å². The van der Waals surface area contributed by atoms with Crippen molar-refractivity contribution in [3.05, 3.63) is 41.3 Å². The van der Waals surface area contributed by atoms with Crippen molar-refractivity contribution in [1.29, 1.82) is 0 Å². The molecule has 1 aliphatic rings. The van der Waals surface area contributed by atoms with Crippen molar-refractivity contribution in [2.75, 3.05) is 18.0 Å². The average Bonchev–Trinajstić information content (AvgIpc) is 3.23. The summed E-state index contributed by atoms with van der Waals surface area (Å²) in [4.78, 5) is 30.6. The largest absolute Gasteiger partial charge is 0.356 e. The molecule has 5 heterocycles. The lowest BCUT2D eigenvalue weighted by molar-refractivity contribution is 0.356. The van der Waals surface area contributed by atoms with Gasteiger partial charge in [0.05, 0.1) is 17.1 Å². The fourth-order valence-electron chi connectivity index (χ4n) is 3.95. The number of rotatable bonds is 3. The molecule has 0 spiro atoms. The van der Waals surface area contributed by atoms with Crippen LogP contribution < -0.4 is 10.6 Å². The van der Waals surface area contributed by atoms with Gasteiger partial charge in [0.1, 0.15) is 12.1 Å². The van der Waals surface area contributed by atoms with E-state index in [0.717, 1.165) is 53.9 Å². The highest BCUT2D eigenvalue weighted by Crippen LogP contribution is 2.27. The number of aromatic nitrogens is 7. The lowest BCUT2D eigenvalue weighted by Gasteiger charge is -2.33. The average molecular weight is 364 g/mol. The third-order valence-electron chi connectivity index (χ3n) is 5.39. The van der Waals surface area contributed by atoms with Crippen molar-refractivity contribution in [2.24, 2.45) is 13.0 Å². The summed E-state index contributed by atoms with van der Waals surface area (Å²) in [6.45, 7) is 2.49. The molecule has 138 valence electrons. The highest BCUT2D eigenvalue weighted by molar-refractivity contribution is 5.86. The van der Waals surface area contributed by atoms with Gasteiger partial charge in [-0.25, -0.2) is 19.7 Å². The van der Waals surface area contributed by atoms with Gasteiger partial charge in [0.15, 0.2) is 11.3 Å². The molecule has 0 bridgehead atoms. The predicted octanol–water partition coefficient (Wildman–Crippen LogP) is 1.32. The molecule has 9 nitrogen and oxygen atoms in total. The van der Waals surface area contributed by atoms with E-state index in [2.05, 4.69) is 29.9 Å². The van der Waals surface area contributed by atoms with Crippen LogP contribution in [0.4, 0.5) is 5.82 Å². The molecule has 0 saturated carbocycles. The summed E-state index contributed by atoms with van der Waals surface area (Å²) in [6.07, 6.45) is 7.15. The number of fused-ring (bicyclic) bond motifs is 2. The Kier molecular flexibility index (Phi) is 3.66. The summed E-state index contributed by atoms with van der Waals surface area (Å²) in [6, 6.07) is 3.72. The topological polar surface area (TPSA) is 97.5 Å². The van der Waals surface area contributed by atoms with Crippen molar-refractivity contribution in [3.63, 3.8) is 0 Å². The Bertz CT molecular complexity index is 1170. The van der Waals surface area contributed by atoms with Gasteiger partial charge in [-0.05, 0) is 30.9 Å². The summed E-state index contributed by atoms with van der Waals surface area (Å²) in [5, 5.41) is 5.28. The Labute approximate surface area is 154 Å². The molecule has 4 aromatic heterocycles. The molecule has 0 aliphatic carbocycles. The summed E-state index contributed by atoms with van der Waals surface area (Å²) in [7, 11) is 1.89. The predicted molar refractivity (Wildman–Crippen MR) is 102 cm³/mol. The number of piperidine rings is 1. The number of hydrogen-bond acceptors (Lipinski definition) is 6. The maximum absolute atomic E-state index is 12.3. The number of aryl methyl sites for hydroxylation is 1. The second-order valence-corrected chi connectivity index (χ2v) is 7.05. The molecule has 0 amide bonds. The molecule has 9 heteroatoms. The van der Waals surface area contributed by atoms with Crippen LogP contribution in [0.25, 0.3) is 22.2 Å². The first-order chi connectivity index (χ1) is 13.2. The van der Waals surface area contributed by atoms with Crippen molar-refractivity contribution >= 4 is 28.0 Å². The molecule has 0 unspecified atom stereocenters. The van der Waals surface area contributed by atoms with Gasteiger partial charge in [-0.1, -0.05) is 0 Å². The SMILES string of the molecule is Cn1ncc2c(N3CCC(Cn4c(=O)[nH]c5cccnc54)CC3)ncnc21. The zero-order chi connectivity index (χ0) is 18.4. The van der Waals surface area contributed by atoms with Gasteiger partial charge < -0.3 is 9.88 Å². The number of hydrogen-bond donors (Lipinski definition) is 1. The van der Waals surface area contributed by atoms with Crippen molar-refractivity contribution in [1.82, 2.24) is 34.3 Å². The first kappa shape index (κ1) is 16.0. The molecule has 4 aromatic rings. The van der Waals surface area contributed by atoms with Gasteiger partial charge in [0.2, 0.25) is 0 Å². The highest BCUT2D eigenvalue weighted by Gasteiger charge is 2.24. The first-order valence-corrected chi connectivity index (χ1v) is 9.12. The van der Waals surface area contributed by atoms with Gasteiger partial charge in [0, 0.05) is 32.9 Å². The first-order valence-electron chi connectivity index (χ1n) is 9.12. The molecule has 0 radical (unpaired) electrons. The summed E-state index contributed by atoms with van der Waals surface area (Å²) in [5.74, 6) is 1.38. The van der Waals surface area contributed by atoms with Crippen LogP contribution in [0.5, 0.6) is 0 Å². The molecule has 5 rings (SSSR count). The Morgan fingerprint density at radius 1 is 1.19 bits per heavy atom. The molecular weight excluding hydrogens is 344 g/mol. The Balaban J connectivity index is 1.34. The Hall–Kier alpha value is -3.23. The monoisotopic (exact) mass is 364 g/mol. The number of anilines is 1. The van der Waals surface area contributed by atoms with Crippen LogP contribution in [0.3, 0.4) is 0 Å². The molecule has 1 saturated heterocycles. The molecule has 0 aromatic carbocycles. The minimum Gasteiger partial charge on any atom is -0.356 e. The zero-order valence-corrected chi connectivity index (χ0v) is 15.0. The van der Waals surface area contributed by atoms with Crippen LogP contribution in [0.2, 0.25) is 0 Å². The quantitative estimate of drug-likeness (QED) is 0.589. The molecule has 1 fully saturated rings. The molecule has 27 heavy (non-hydrogen) atoms. The number of nitrogens with one attached hydrogen (secondary N) is 1. The number of pyridine rings is 1. The Morgan fingerprint density at radius 3 is 2.89 bits per heavy atom. The Morgan fingerprint density at radius 2 is 2.04 bits per heavy atom. The minimum absolute atomic E-state index is 0.0843. The smallest absolute Gasteiger partial charge is 0.327 e. The van der Waals surface area contributed by atoms with Crippen LogP contribution in [0.1, 0.15) is 12.8 Å². The lowest BCUT2D eigenvalue weighted by Crippen LogP contribution is -2.36. The summed E-state index contributed by atoms with van der Waals surface area (Å²) < 4.78 is 3.53. The van der Waals surface area contributed by atoms with E-state index in [1.54, 1.807) is 21.8 Å². The van der Waals surface area contributed by atoms with E-state index in [1.807, 2.05) is 25.4 Å². The number of aromatic amines is 1. The summed E-state index contributed by atoms with van der Waals surface area (Å²) in [5.41, 5.74) is 2.29. The fraction of sp³-hybridized carbons (Fsp3) is 0.389. The number of H-pyrrole nitrogens is 1. The van der Waals surface area contributed by atoms with Crippen molar-refractivity contribution in [3.8, 4) is 0 Å². The van der Waals surface area contributed by atoms with E-state index in [0.29, 0.717) is 12.5 Å². The molecule has 0 atom stereocenters. The van der Waals surface area contributed by atoms with Crippen molar-refractivity contribution < 1.29 is 0 Å². The fourth-order valence-corrected chi connectivity index (χ4v) is 3.95. The normalized spacial score (nSPS) is 15.8. The highest BCUT2D eigenvalue weighted by atomic mass is 16.1. The van der Waals surface area contributed by atoms with E-state index in [4.69, 9.17) is 0 Å². The van der Waals surface area contributed by atoms with E-state index in [-0.39, 0.29) is 5.69 Å². The minimum atomic E-state index is -0.0843. The van der Waals surface area contributed by atoms with Gasteiger partial charge in [0.25, 0.3) is 0 Å². The number of imidazole rings is 1. The molecule has 1 aliphatic heterocycles.